The lowest BCUT2D eigenvalue weighted by molar-refractivity contribution is -0.136. The number of ether oxygens (including phenoxy) is 1. The molecule has 0 aliphatic carbocycles. The van der Waals surface area contributed by atoms with Crippen molar-refractivity contribution in [2.75, 3.05) is 19.7 Å². The minimum absolute atomic E-state index is 0.0800. The molecule has 104 valence electrons. The smallest absolute Gasteiger partial charge is 0.260 e. The number of nitrogens with zero attached hydrogens (tertiary/aromatic N) is 1. The topological polar surface area (TPSA) is 49.8 Å². The highest BCUT2D eigenvalue weighted by Crippen LogP contribution is 2.24. The SMILES string of the molecule is O=C(COc1cc(Cl)cc(Cl)c1)N1CCCC(O)C1. The van der Waals surface area contributed by atoms with Gasteiger partial charge in [-0.05, 0) is 31.0 Å². The Kier molecular flexibility index (Phi) is 4.91. The number of piperidine rings is 1. The van der Waals surface area contributed by atoms with Gasteiger partial charge in [-0.3, -0.25) is 4.79 Å². The number of hydrogen-bond acceptors (Lipinski definition) is 3. The zero-order valence-electron chi connectivity index (χ0n) is 10.3. The molecule has 0 radical (unpaired) electrons. The van der Waals surface area contributed by atoms with E-state index in [2.05, 4.69) is 0 Å². The predicted octanol–water partition coefficient (Wildman–Crippen LogP) is 2.36. The summed E-state index contributed by atoms with van der Waals surface area (Å²) in [5, 5.41) is 10.4. The van der Waals surface area contributed by atoms with Crippen molar-refractivity contribution in [3.63, 3.8) is 0 Å². The molecule has 1 aliphatic rings. The van der Waals surface area contributed by atoms with Crippen LogP contribution in [0.25, 0.3) is 0 Å². The van der Waals surface area contributed by atoms with E-state index in [-0.39, 0.29) is 12.5 Å². The third kappa shape index (κ3) is 4.27. The zero-order valence-corrected chi connectivity index (χ0v) is 11.8. The Bertz CT molecular complexity index is 447. The van der Waals surface area contributed by atoms with Gasteiger partial charge in [0.05, 0.1) is 6.10 Å². The molecule has 1 heterocycles. The van der Waals surface area contributed by atoms with Crippen molar-refractivity contribution >= 4 is 29.1 Å². The number of aliphatic hydroxyl groups is 1. The van der Waals surface area contributed by atoms with E-state index in [1.807, 2.05) is 0 Å². The highest BCUT2D eigenvalue weighted by atomic mass is 35.5. The van der Waals surface area contributed by atoms with Crippen molar-refractivity contribution in [3.05, 3.63) is 28.2 Å². The molecule has 4 nitrogen and oxygen atoms in total. The molecule has 1 unspecified atom stereocenters. The molecular formula is C13H15Cl2NO3. The molecule has 0 bridgehead atoms. The van der Waals surface area contributed by atoms with E-state index in [0.29, 0.717) is 28.9 Å². The van der Waals surface area contributed by atoms with E-state index in [1.165, 1.54) is 0 Å². The predicted molar refractivity (Wildman–Crippen MR) is 73.8 cm³/mol. The van der Waals surface area contributed by atoms with Crippen molar-refractivity contribution in [3.8, 4) is 5.75 Å². The highest BCUT2D eigenvalue weighted by Gasteiger charge is 2.22. The molecule has 1 amide bonds. The molecule has 19 heavy (non-hydrogen) atoms. The molecule has 2 rings (SSSR count). The van der Waals surface area contributed by atoms with Gasteiger partial charge in [0.1, 0.15) is 5.75 Å². The maximum absolute atomic E-state index is 11.9. The summed E-state index contributed by atoms with van der Waals surface area (Å²) in [5.74, 6) is 0.318. The lowest BCUT2D eigenvalue weighted by Gasteiger charge is -2.30. The van der Waals surface area contributed by atoms with Crippen LogP contribution in [0, 0.1) is 0 Å². The number of benzene rings is 1. The Hall–Kier alpha value is -0.970. The quantitative estimate of drug-likeness (QED) is 0.932. The van der Waals surface area contributed by atoms with Gasteiger partial charge in [-0.15, -0.1) is 0 Å². The van der Waals surface area contributed by atoms with Crippen molar-refractivity contribution in [1.82, 2.24) is 4.90 Å². The monoisotopic (exact) mass is 303 g/mol. The average molecular weight is 304 g/mol. The Morgan fingerprint density at radius 1 is 1.37 bits per heavy atom. The highest BCUT2D eigenvalue weighted by molar-refractivity contribution is 6.34. The van der Waals surface area contributed by atoms with Gasteiger partial charge in [0, 0.05) is 23.1 Å². The number of carbonyl (C=O) groups excluding carboxylic acids is 1. The number of rotatable bonds is 3. The van der Waals surface area contributed by atoms with Crippen LogP contribution in [-0.2, 0) is 4.79 Å². The van der Waals surface area contributed by atoms with Crippen LogP contribution in [0.3, 0.4) is 0 Å². The van der Waals surface area contributed by atoms with Gasteiger partial charge in [0.15, 0.2) is 6.61 Å². The second kappa shape index (κ2) is 6.46. The summed E-state index contributed by atoms with van der Waals surface area (Å²) in [6.07, 6.45) is 1.13. The van der Waals surface area contributed by atoms with E-state index in [4.69, 9.17) is 27.9 Å². The summed E-state index contributed by atoms with van der Waals surface area (Å²) in [6.45, 7) is 0.956. The largest absolute Gasteiger partial charge is 0.484 e. The van der Waals surface area contributed by atoms with Crippen LogP contribution in [0.1, 0.15) is 12.8 Å². The van der Waals surface area contributed by atoms with Crippen LogP contribution in [-0.4, -0.2) is 41.7 Å². The summed E-state index contributed by atoms with van der Waals surface area (Å²) >= 11 is 11.7. The van der Waals surface area contributed by atoms with E-state index in [1.54, 1.807) is 23.1 Å². The first-order valence-corrected chi connectivity index (χ1v) is 6.85. The fourth-order valence-corrected chi connectivity index (χ4v) is 2.54. The molecule has 1 atom stereocenters. The van der Waals surface area contributed by atoms with Crippen LogP contribution >= 0.6 is 23.2 Å². The zero-order chi connectivity index (χ0) is 13.8. The van der Waals surface area contributed by atoms with E-state index in [9.17, 15) is 9.90 Å². The Morgan fingerprint density at radius 2 is 2.05 bits per heavy atom. The van der Waals surface area contributed by atoms with Crippen LogP contribution in [0.2, 0.25) is 10.0 Å². The third-order valence-electron chi connectivity index (χ3n) is 2.95. The molecule has 1 aromatic rings. The van der Waals surface area contributed by atoms with E-state index in [0.717, 1.165) is 12.8 Å². The van der Waals surface area contributed by atoms with Gasteiger partial charge in [-0.1, -0.05) is 23.2 Å². The Balaban J connectivity index is 1.89. The molecule has 1 fully saturated rings. The van der Waals surface area contributed by atoms with Crippen LogP contribution in [0.4, 0.5) is 0 Å². The lowest BCUT2D eigenvalue weighted by atomic mass is 10.1. The summed E-state index contributed by atoms with van der Waals surface area (Å²) in [6, 6.07) is 4.80. The summed E-state index contributed by atoms with van der Waals surface area (Å²) in [7, 11) is 0. The normalized spacial score (nSPS) is 19.3. The molecule has 1 saturated heterocycles. The molecule has 0 spiro atoms. The van der Waals surface area contributed by atoms with Crippen molar-refractivity contribution in [2.24, 2.45) is 0 Å². The molecule has 6 heteroatoms. The molecular weight excluding hydrogens is 289 g/mol. The number of amides is 1. The van der Waals surface area contributed by atoms with Gasteiger partial charge in [-0.2, -0.15) is 0 Å². The molecule has 1 aliphatic heterocycles. The van der Waals surface area contributed by atoms with Gasteiger partial charge >= 0.3 is 0 Å². The summed E-state index contributed by atoms with van der Waals surface area (Å²) in [5.41, 5.74) is 0. The van der Waals surface area contributed by atoms with Crippen LogP contribution < -0.4 is 4.74 Å². The Morgan fingerprint density at radius 3 is 2.68 bits per heavy atom. The first-order chi connectivity index (χ1) is 9.04. The minimum Gasteiger partial charge on any atom is -0.484 e. The molecule has 0 saturated carbocycles. The van der Waals surface area contributed by atoms with Gasteiger partial charge in [0.25, 0.3) is 5.91 Å². The van der Waals surface area contributed by atoms with Crippen molar-refractivity contribution in [2.45, 2.75) is 18.9 Å². The minimum atomic E-state index is -0.432. The number of halogens is 2. The van der Waals surface area contributed by atoms with Crippen LogP contribution in [0.15, 0.2) is 18.2 Å². The number of hydrogen-bond donors (Lipinski definition) is 1. The number of carbonyl (C=O) groups is 1. The molecule has 0 aromatic heterocycles. The number of aliphatic hydroxyl groups excluding tert-OH is 1. The van der Waals surface area contributed by atoms with Crippen LogP contribution in [0.5, 0.6) is 5.75 Å². The fraction of sp³-hybridized carbons (Fsp3) is 0.462. The van der Waals surface area contributed by atoms with E-state index >= 15 is 0 Å². The summed E-state index contributed by atoms with van der Waals surface area (Å²) < 4.78 is 5.38. The fourth-order valence-electron chi connectivity index (χ4n) is 2.03. The van der Waals surface area contributed by atoms with Gasteiger partial charge in [0.2, 0.25) is 0 Å². The lowest BCUT2D eigenvalue weighted by Crippen LogP contribution is -2.44. The first-order valence-electron chi connectivity index (χ1n) is 6.09. The maximum atomic E-state index is 11.9. The second-order valence-corrected chi connectivity index (χ2v) is 5.40. The number of likely N-dealkylation sites (tertiary alicyclic amines) is 1. The van der Waals surface area contributed by atoms with Crippen molar-refractivity contribution < 1.29 is 14.6 Å². The maximum Gasteiger partial charge on any atom is 0.260 e. The first kappa shape index (κ1) is 14.4. The molecule has 1 aromatic carbocycles. The standard InChI is InChI=1S/C13H15Cl2NO3/c14-9-4-10(15)6-12(5-9)19-8-13(18)16-3-1-2-11(17)7-16/h4-6,11,17H,1-3,7-8H2. The van der Waals surface area contributed by atoms with E-state index < -0.39 is 6.10 Å². The second-order valence-electron chi connectivity index (χ2n) is 4.53. The van der Waals surface area contributed by atoms with Gasteiger partial charge < -0.3 is 14.7 Å². The average Bonchev–Trinajstić information content (AvgIpc) is 2.35. The Labute approximate surface area is 121 Å². The third-order valence-corrected chi connectivity index (χ3v) is 3.38. The number of β-amino-alcohol motifs (C(OH)–C–C–N with tert-alkyl or cyclic N) is 1. The van der Waals surface area contributed by atoms with Gasteiger partial charge in [-0.25, -0.2) is 0 Å². The van der Waals surface area contributed by atoms with Crippen molar-refractivity contribution in [1.29, 1.82) is 0 Å². The summed E-state index contributed by atoms with van der Waals surface area (Å²) in [4.78, 5) is 13.5. The molecule has 1 N–H and O–H groups in total.